The largest absolute Gasteiger partial charge is 0.452 e. The van der Waals surface area contributed by atoms with Crippen molar-refractivity contribution >= 4 is 35.0 Å². The molecule has 0 saturated carbocycles. The molecular formula is C20H22N2O5S. The van der Waals surface area contributed by atoms with Gasteiger partial charge in [0, 0.05) is 22.7 Å². The number of benzene rings is 2. The third kappa shape index (κ3) is 6.38. The van der Waals surface area contributed by atoms with Gasteiger partial charge in [0.15, 0.2) is 6.10 Å². The average molecular weight is 402 g/mol. The van der Waals surface area contributed by atoms with Gasteiger partial charge in [-0.05, 0) is 42.7 Å². The molecule has 2 rings (SSSR count). The number of nitrogens with one attached hydrogen (secondary N) is 1. The summed E-state index contributed by atoms with van der Waals surface area (Å²) in [6.07, 6.45) is -0.935. The van der Waals surface area contributed by atoms with Crippen molar-refractivity contribution in [3.05, 3.63) is 64.2 Å². The molecule has 0 bridgehead atoms. The molecule has 0 spiro atoms. The van der Waals surface area contributed by atoms with Gasteiger partial charge in [-0.3, -0.25) is 19.7 Å². The molecule has 0 saturated heterocycles. The van der Waals surface area contributed by atoms with Crippen molar-refractivity contribution < 1.29 is 19.2 Å². The van der Waals surface area contributed by atoms with Crippen molar-refractivity contribution in [3.63, 3.8) is 0 Å². The van der Waals surface area contributed by atoms with Gasteiger partial charge in [-0.15, -0.1) is 11.8 Å². The molecule has 28 heavy (non-hydrogen) atoms. The van der Waals surface area contributed by atoms with Gasteiger partial charge in [-0.2, -0.15) is 0 Å². The van der Waals surface area contributed by atoms with Crippen molar-refractivity contribution in [2.45, 2.75) is 37.7 Å². The zero-order valence-electron chi connectivity index (χ0n) is 15.9. The van der Waals surface area contributed by atoms with Gasteiger partial charge in [0.2, 0.25) is 0 Å². The van der Waals surface area contributed by atoms with Crippen molar-refractivity contribution in [2.75, 3.05) is 11.1 Å². The number of carbonyl (C=O) groups is 2. The number of anilines is 1. The third-order valence-corrected chi connectivity index (χ3v) is 4.91. The van der Waals surface area contributed by atoms with Crippen LogP contribution in [0, 0.1) is 10.1 Å². The van der Waals surface area contributed by atoms with Crippen LogP contribution in [0.4, 0.5) is 11.4 Å². The van der Waals surface area contributed by atoms with E-state index in [-0.39, 0.29) is 11.4 Å². The van der Waals surface area contributed by atoms with E-state index in [1.165, 1.54) is 36.4 Å². The van der Waals surface area contributed by atoms with Gasteiger partial charge >= 0.3 is 5.97 Å². The van der Waals surface area contributed by atoms with E-state index >= 15 is 0 Å². The van der Waals surface area contributed by atoms with E-state index < -0.39 is 22.9 Å². The van der Waals surface area contributed by atoms with E-state index in [1.54, 1.807) is 12.1 Å². The number of rotatable bonds is 8. The Morgan fingerprint density at radius 1 is 1.07 bits per heavy atom. The Kier molecular flexibility index (Phi) is 7.57. The molecule has 0 fully saturated rings. The molecule has 0 aliphatic heterocycles. The Morgan fingerprint density at radius 2 is 1.68 bits per heavy atom. The summed E-state index contributed by atoms with van der Waals surface area (Å²) in [4.78, 5) is 35.0. The zero-order chi connectivity index (χ0) is 20.7. The second-order valence-electron chi connectivity index (χ2n) is 6.44. The Morgan fingerprint density at radius 3 is 2.21 bits per heavy atom. The molecule has 2 aromatic carbocycles. The minimum atomic E-state index is -0.935. The number of nitrogens with zero attached hydrogens (tertiary/aromatic N) is 1. The van der Waals surface area contributed by atoms with Crippen molar-refractivity contribution in [2.24, 2.45) is 0 Å². The number of non-ortho nitro benzene ring substituents is 1. The van der Waals surface area contributed by atoms with Crippen molar-refractivity contribution in [3.8, 4) is 0 Å². The highest BCUT2D eigenvalue weighted by atomic mass is 32.2. The maximum atomic E-state index is 12.2. The van der Waals surface area contributed by atoms with Crippen LogP contribution in [0.1, 0.15) is 32.3 Å². The SMILES string of the molecule is CC(C)c1ccc(NC(=O)[C@@H](C)OC(=O)CSc2ccc([N+](=O)[O-])cc2)cc1. The van der Waals surface area contributed by atoms with Crippen molar-refractivity contribution in [1.29, 1.82) is 0 Å². The molecule has 8 heteroatoms. The van der Waals surface area contributed by atoms with Crippen LogP contribution >= 0.6 is 11.8 Å². The molecule has 0 aliphatic rings. The highest BCUT2D eigenvalue weighted by Crippen LogP contribution is 2.22. The summed E-state index contributed by atoms with van der Waals surface area (Å²) in [5, 5.41) is 13.3. The topological polar surface area (TPSA) is 98.5 Å². The number of amides is 1. The number of thioether (sulfide) groups is 1. The maximum absolute atomic E-state index is 12.2. The van der Waals surface area contributed by atoms with E-state index in [0.717, 1.165) is 0 Å². The van der Waals surface area contributed by atoms with E-state index in [1.807, 2.05) is 24.3 Å². The van der Waals surface area contributed by atoms with Gasteiger partial charge < -0.3 is 10.1 Å². The maximum Gasteiger partial charge on any atom is 0.317 e. The Hall–Kier alpha value is -2.87. The van der Waals surface area contributed by atoms with Crippen LogP contribution < -0.4 is 5.32 Å². The fourth-order valence-corrected chi connectivity index (χ4v) is 2.97. The van der Waals surface area contributed by atoms with E-state index in [0.29, 0.717) is 16.5 Å². The number of hydrogen-bond donors (Lipinski definition) is 1. The predicted octanol–water partition coefficient (Wildman–Crippen LogP) is 4.38. The van der Waals surface area contributed by atoms with Crippen molar-refractivity contribution in [1.82, 2.24) is 0 Å². The molecule has 7 nitrogen and oxygen atoms in total. The molecule has 1 atom stereocenters. The second-order valence-corrected chi connectivity index (χ2v) is 7.49. The highest BCUT2D eigenvalue weighted by Gasteiger charge is 2.18. The first-order valence-electron chi connectivity index (χ1n) is 8.74. The van der Waals surface area contributed by atoms with Crippen LogP contribution in [0.15, 0.2) is 53.4 Å². The van der Waals surface area contributed by atoms with Crippen LogP contribution in [-0.2, 0) is 14.3 Å². The molecule has 0 unspecified atom stereocenters. The third-order valence-electron chi connectivity index (χ3n) is 3.93. The lowest BCUT2D eigenvalue weighted by Crippen LogP contribution is -2.30. The van der Waals surface area contributed by atoms with E-state index in [4.69, 9.17) is 4.74 Å². The Balaban J connectivity index is 1.80. The number of nitro groups is 1. The normalized spacial score (nSPS) is 11.7. The fourth-order valence-electron chi connectivity index (χ4n) is 2.29. The summed E-state index contributed by atoms with van der Waals surface area (Å²) >= 11 is 1.18. The molecule has 1 N–H and O–H groups in total. The molecule has 2 aromatic rings. The van der Waals surface area contributed by atoms with Crippen LogP contribution in [0.25, 0.3) is 0 Å². The fraction of sp³-hybridized carbons (Fsp3) is 0.300. The smallest absolute Gasteiger partial charge is 0.317 e. The molecule has 0 heterocycles. The second kappa shape index (κ2) is 9.89. The van der Waals surface area contributed by atoms with Crippen LogP contribution in [0.5, 0.6) is 0 Å². The lowest BCUT2D eigenvalue weighted by Gasteiger charge is -2.14. The highest BCUT2D eigenvalue weighted by molar-refractivity contribution is 8.00. The summed E-state index contributed by atoms with van der Waals surface area (Å²) < 4.78 is 5.15. The van der Waals surface area contributed by atoms with Gasteiger partial charge in [0.05, 0.1) is 10.7 Å². The number of nitro benzene ring substituents is 1. The summed E-state index contributed by atoms with van der Waals surface area (Å²) in [6, 6.07) is 13.4. The molecule has 0 aliphatic carbocycles. The van der Waals surface area contributed by atoms with E-state index in [2.05, 4.69) is 19.2 Å². The Labute approximate surface area is 167 Å². The lowest BCUT2D eigenvalue weighted by molar-refractivity contribution is -0.384. The zero-order valence-corrected chi connectivity index (χ0v) is 16.7. The molecular weight excluding hydrogens is 380 g/mol. The number of hydrogen-bond acceptors (Lipinski definition) is 6. The molecule has 1 amide bonds. The summed E-state index contributed by atoms with van der Waals surface area (Å²) in [7, 11) is 0. The first kappa shape index (κ1) is 21.4. The van der Waals surface area contributed by atoms with Gasteiger partial charge in [-0.1, -0.05) is 26.0 Å². The number of esters is 1. The number of carbonyl (C=O) groups excluding carboxylic acids is 2. The van der Waals surface area contributed by atoms with Crippen LogP contribution in [0.3, 0.4) is 0 Å². The minimum absolute atomic E-state index is 0.00147. The summed E-state index contributed by atoms with van der Waals surface area (Å²) in [6.45, 7) is 5.68. The quantitative estimate of drug-likeness (QED) is 0.304. The molecule has 0 aromatic heterocycles. The standard InChI is InChI=1S/C20H22N2O5S/c1-13(2)15-4-6-16(7-5-15)21-20(24)14(3)27-19(23)12-28-18-10-8-17(9-11-18)22(25)26/h4-11,13-14H,12H2,1-3H3,(H,21,24)/t14-/m1/s1. The minimum Gasteiger partial charge on any atom is -0.452 e. The van der Waals surface area contributed by atoms with Gasteiger partial charge in [0.1, 0.15) is 0 Å². The van der Waals surface area contributed by atoms with E-state index in [9.17, 15) is 19.7 Å². The predicted molar refractivity (Wildman–Crippen MR) is 109 cm³/mol. The molecule has 148 valence electrons. The average Bonchev–Trinajstić information content (AvgIpc) is 2.67. The van der Waals surface area contributed by atoms with Gasteiger partial charge in [-0.25, -0.2) is 0 Å². The summed E-state index contributed by atoms with van der Waals surface area (Å²) in [5.74, 6) is -0.552. The molecule has 0 radical (unpaired) electrons. The Bertz CT molecular complexity index is 835. The lowest BCUT2D eigenvalue weighted by atomic mass is 10.0. The number of ether oxygens (including phenoxy) is 1. The monoisotopic (exact) mass is 402 g/mol. The van der Waals surface area contributed by atoms with Crippen LogP contribution in [0.2, 0.25) is 0 Å². The first-order valence-corrected chi connectivity index (χ1v) is 9.72. The van der Waals surface area contributed by atoms with Crippen LogP contribution in [-0.4, -0.2) is 28.7 Å². The summed E-state index contributed by atoms with van der Waals surface area (Å²) in [5.41, 5.74) is 1.79. The first-order chi connectivity index (χ1) is 13.3. The van der Waals surface area contributed by atoms with Gasteiger partial charge in [0.25, 0.3) is 11.6 Å².